The highest BCUT2D eigenvalue weighted by Crippen LogP contribution is 2.15. The van der Waals surface area contributed by atoms with E-state index in [9.17, 15) is 17.2 Å². The number of alkyl halides is 2. The third-order valence-electron chi connectivity index (χ3n) is 2.09. The van der Waals surface area contributed by atoms with E-state index in [1.54, 1.807) is 0 Å². The van der Waals surface area contributed by atoms with E-state index < -0.39 is 27.2 Å². The lowest BCUT2D eigenvalue weighted by atomic mass is 10.0. The Bertz CT molecular complexity index is 289. The summed E-state index contributed by atoms with van der Waals surface area (Å²) in [6.07, 6.45) is -2.77. The van der Waals surface area contributed by atoms with Gasteiger partial charge in [-0.05, 0) is 27.2 Å². The normalized spacial score (nSPS) is 17.1. The third-order valence-corrected chi connectivity index (χ3v) is 3.93. The first-order valence-electron chi connectivity index (χ1n) is 4.65. The molecule has 0 bridgehead atoms. The zero-order chi connectivity index (χ0) is 12.3. The van der Waals surface area contributed by atoms with Crippen molar-refractivity contribution >= 4 is 10.0 Å². The molecular formula is C8H18F2N2O2S. The fourth-order valence-electron chi connectivity index (χ4n) is 0.738. The number of halogens is 2. The molecule has 92 valence electrons. The maximum absolute atomic E-state index is 12.3. The van der Waals surface area contributed by atoms with Gasteiger partial charge in [0.25, 0.3) is 6.43 Å². The van der Waals surface area contributed by atoms with Gasteiger partial charge in [0.15, 0.2) is 0 Å². The van der Waals surface area contributed by atoms with Crippen LogP contribution in [0, 0.1) is 0 Å². The lowest BCUT2D eigenvalue weighted by Crippen LogP contribution is -2.46. The van der Waals surface area contributed by atoms with Crippen molar-refractivity contribution in [3.8, 4) is 0 Å². The SMILES string of the molecule is CC(C)S(=O)(=O)NCCC(C)(N)C(F)F. The fraction of sp³-hybridized carbons (Fsp3) is 1.00. The van der Waals surface area contributed by atoms with Crippen molar-refractivity contribution in [1.29, 1.82) is 0 Å². The number of hydrogen-bond donors (Lipinski definition) is 2. The molecule has 15 heavy (non-hydrogen) atoms. The quantitative estimate of drug-likeness (QED) is 0.722. The van der Waals surface area contributed by atoms with E-state index in [-0.39, 0.29) is 13.0 Å². The minimum absolute atomic E-state index is 0.0716. The lowest BCUT2D eigenvalue weighted by Gasteiger charge is -2.23. The van der Waals surface area contributed by atoms with E-state index in [0.29, 0.717) is 0 Å². The van der Waals surface area contributed by atoms with E-state index in [1.807, 2.05) is 0 Å². The minimum Gasteiger partial charge on any atom is -0.321 e. The smallest absolute Gasteiger partial charge is 0.256 e. The Morgan fingerprint density at radius 1 is 1.40 bits per heavy atom. The number of rotatable bonds is 6. The third kappa shape index (κ3) is 4.85. The second kappa shape index (κ2) is 5.18. The highest BCUT2D eigenvalue weighted by molar-refractivity contribution is 7.90. The zero-order valence-electron chi connectivity index (χ0n) is 9.13. The summed E-state index contributed by atoms with van der Waals surface area (Å²) in [4.78, 5) is 0. The van der Waals surface area contributed by atoms with Crippen molar-refractivity contribution < 1.29 is 17.2 Å². The van der Waals surface area contributed by atoms with E-state index in [0.717, 1.165) is 0 Å². The Morgan fingerprint density at radius 2 is 1.87 bits per heavy atom. The monoisotopic (exact) mass is 244 g/mol. The van der Waals surface area contributed by atoms with Gasteiger partial charge in [-0.1, -0.05) is 0 Å². The Labute approximate surface area is 89.3 Å². The van der Waals surface area contributed by atoms with Crippen molar-refractivity contribution in [2.24, 2.45) is 5.73 Å². The molecule has 0 aromatic heterocycles. The summed E-state index contributed by atoms with van der Waals surface area (Å²) in [6, 6.07) is 0. The predicted octanol–water partition coefficient (Wildman–Crippen LogP) is 0.687. The summed E-state index contributed by atoms with van der Waals surface area (Å²) >= 11 is 0. The molecule has 0 rings (SSSR count). The molecule has 1 unspecified atom stereocenters. The molecule has 1 atom stereocenters. The van der Waals surface area contributed by atoms with Crippen molar-refractivity contribution in [2.45, 2.75) is 44.4 Å². The summed E-state index contributed by atoms with van der Waals surface area (Å²) in [5.41, 5.74) is 3.63. The highest BCUT2D eigenvalue weighted by Gasteiger charge is 2.30. The number of sulfonamides is 1. The summed E-state index contributed by atoms with van der Waals surface area (Å²) in [7, 11) is -3.40. The molecule has 0 saturated carbocycles. The van der Waals surface area contributed by atoms with Gasteiger partial charge in [-0.15, -0.1) is 0 Å². The molecule has 4 nitrogen and oxygen atoms in total. The van der Waals surface area contributed by atoms with Crippen LogP contribution in [0.2, 0.25) is 0 Å². The Balaban J connectivity index is 4.12. The highest BCUT2D eigenvalue weighted by atomic mass is 32.2. The van der Waals surface area contributed by atoms with Crippen LogP contribution in [0.25, 0.3) is 0 Å². The molecule has 0 heterocycles. The predicted molar refractivity (Wildman–Crippen MR) is 55.3 cm³/mol. The number of nitrogens with two attached hydrogens (primary N) is 1. The largest absolute Gasteiger partial charge is 0.321 e. The van der Waals surface area contributed by atoms with Gasteiger partial charge in [0.2, 0.25) is 10.0 Å². The van der Waals surface area contributed by atoms with Crippen molar-refractivity contribution in [2.75, 3.05) is 6.54 Å². The molecule has 7 heteroatoms. The fourth-order valence-corrected chi connectivity index (χ4v) is 1.46. The molecule has 0 radical (unpaired) electrons. The Kier molecular flexibility index (Phi) is 5.08. The molecule has 3 N–H and O–H groups in total. The first-order chi connectivity index (χ1) is 6.59. The van der Waals surface area contributed by atoms with Crippen LogP contribution in [0.5, 0.6) is 0 Å². The van der Waals surface area contributed by atoms with E-state index in [1.165, 1.54) is 20.8 Å². The van der Waals surface area contributed by atoms with Crippen LogP contribution < -0.4 is 10.5 Å². The molecule has 0 aromatic carbocycles. The zero-order valence-corrected chi connectivity index (χ0v) is 9.94. The molecule has 0 fully saturated rings. The number of hydrogen-bond acceptors (Lipinski definition) is 3. The Hall–Kier alpha value is -0.270. The van der Waals surface area contributed by atoms with Gasteiger partial charge in [-0.3, -0.25) is 0 Å². The molecule has 0 aromatic rings. The van der Waals surface area contributed by atoms with Gasteiger partial charge in [0.05, 0.1) is 10.8 Å². The van der Waals surface area contributed by atoms with Crippen LogP contribution in [-0.4, -0.2) is 32.2 Å². The van der Waals surface area contributed by atoms with Crippen molar-refractivity contribution in [1.82, 2.24) is 4.72 Å². The molecule has 0 amide bonds. The van der Waals surface area contributed by atoms with E-state index in [2.05, 4.69) is 4.72 Å². The van der Waals surface area contributed by atoms with Gasteiger partial charge in [-0.2, -0.15) is 0 Å². The molecule has 0 aliphatic heterocycles. The summed E-state index contributed by atoms with van der Waals surface area (Å²) in [5, 5.41) is -0.576. The van der Waals surface area contributed by atoms with E-state index >= 15 is 0 Å². The lowest BCUT2D eigenvalue weighted by molar-refractivity contribution is 0.0598. The Morgan fingerprint density at radius 3 is 2.20 bits per heavy atom. The van der Waals surface area contributed by atoms with Gasteiger partial charge in [0, 0.05) is 6.54 Å². The maximum Gasteiger partial charge on any atom is 0.256 e. The molecule has 0 aliphatic carbocycles. The summed E-state index contributed by atoms with van der Waals surface area (Å²) < 4.78 is 49.3. The molecule has 0 saturated heterocycles. The standard InChI is InChI=1S/C8H18F2N2O2S/c1-6(2)15(13,14)12-5-4-8(3,11)7(9)10/h6-7,12H,4-5,11H2,1-3H3. The van der Waals surface area contributed by atoms with Gasteiger partial charge in [-0.25, -0.2) is 21.9 Å². The second-order valence-corrected chi connectivity index (χ2v) is 6.37. The van der Waals surface area contributed by atoms with Crippen molar-refractivity contribution in [3.05, 3.63) is 0 Å². The van der Waals surface area contributed by atoms with Crippen LogP contribution in [0.3, 0.4) is 0 Å². The molecule has 0 spiro atoms. The van der Waals surface area contributed by atoms with Crippen LogP contribution in [0.1, 0.15) is 27.2 Å². The second-order valence-electron chi connectivity index (χ2n) is 4.04. The number of nitrogens with one attached hydrogen (secondary N) is 1. The van der Waals surface area contributed by atoms with Crippen molar-refractivity contribution in [3.63, 3.8) is 0 Å². The summed E-state index contributed by atoms with van der Waals surface area (Å²) in [6.45, 7) is 4.15. The molecule has 0 aliphatic rings. The average molecular weight is 244 g/mol. The maximum atomic E-state index is 12.3. The van der Waals surface area contributed by atoms with Crippen LogP contribution in [-0.2, 0) is 10.0 Å². The average Bonchev–Trinajstić information content (AvgIpc) is 2.02. The van der Waals surface area contributed by atoms with Crippen LogP contribution in [0.4, 0.5) is 8.78 Å². The minimum atomic E-state index is -3.40. The van der Waals surface area contributed by atoms with Gasteiger partial charge in [0.1, 0.15) is 0 Å². The van der Waals surface area contributed by atoms with E-state index in [4.69, 9.17) is 5.73 Å². The first-order valence-corrected chi connectivity index (χ1v) is 6.20. The van der Waals surface area contributed by atoms with Crippen LogP contribution in [0.15, 0.2) is 0 Å². The van der Waals surface area contributed by atoms with Gasteiger partial charge < -0.3 is 5.73 Å². The van der Waals surface area contributed by atoms with Crippen LogP contribution >= 0.6 is 0 Å². The van der Waals surface area contributed by atoms with Gasteiger partial charge >= 0.3 is 0 Å². The first kappa shape index (κ1) is 14.7. The summed E-state index contributed by atoms with van der Waals surface area (Å²) in [5.74, 6) is 0. The molecular weight excluding hydrogens is 226 g/mol. The topological polar surface area (TPSA) is 72.2 Å².